The van der Waals surface area contributed by atoms with E-state index in [0.717, 1.165) is 44.4 Å². The first kappa shape index (κ1) is 14.6. The van der Waals surface area contributed by atoms with E-state index in [1.54, 1.807) is 18.2 Å². The van der Waals surface area contributed by atoms with Crippen molar-refractivity contribution in [3.05, 3.63) is 23.8 Å². The molecule has 2 aliphatic heterocycles. The second kappa shape index (κ2) is 5.90. The van der Waals surface area contributed by atoms with E-state index in [2.05, 4.69) is 20.7 Å². The molecule has 7 heteroatoms. The lowest BCUT2D eigenvalue weighted by molar-refractivity contribution is -0.139. The molecule has 0 bridgehead atoms. The smallest absolute Gasteiger partial charge is 0.251 e. The summed E-state index contributed by atoms with van der Waals surface area (Å²) in [6.07, 6.45) is 3.52. The third kappa shape index (κ3) is 2.94. The van der Waals surface area contributed by atoms with E-state index >= 15 is 0 Å². The van der Waals surface area contributed by atoms with Gasteiger partial charge in [0.2, 0.25) is 0 Å². The van der Waals surface area contributed by atoms with Gasteiger partial charge in [-0.1, -0.05) is 0 Å². The van der Waals surface area contributed by atoms with Gasteiger partial charge >= 0.3 is 0 Å². The summed E-state index contributed by atoms with van der Waals surface area (Å²) in [6.45, 7) is 2.17. The number of nitrogens with zero attached hydrogens (tertiary/aromatic N) is 2. The lowest BCUT2D eigenvalue weighted by Crippen LogP contribution is -2.51. The Labute approximate surface area is 133 Å². The number of benzene rings is 1. The van der Waals surface area contributed by atoms with E-state index in [9.17, 15) is 4.79 Å². The highest BCUT2D eigenvalue weighted by Gasteiger charge is 2.39. The Morgan fingerprint density at radius 2 is 2.04 bits per heavy atom. The molecule has 0 saturated carbocycles. The van der Waals surface area contributed by atoms with Crippen LogP contribution in [0.4, 0.5) is 0 Å². The molecule has 4 rings (SSSR count). The molecule has 7 nitrogen and oxygen atoms in total. The Bertz CT molecular complexity index is 703. The molecule has 1 unspecified atom stereocenters. The standard InChI is InChI=1S/C16H20N4O3/c21-15(11-1-2-13-14(9-11)19-20-18-13)17-12-3-6-23-16(10-12)4-7-22-8-5-16/h1-2,9,12H,3-8,10H2,(H,17,21)(H,18,19,20). The predicted octanol–water partition coefficient (Wildman–Crippen LogP) is 1.42. The number of carbonyl (C=O) groups excluding carboxylic acids is 1. The molecule has 1 spiro atoms. The van der Waals surface area contributed by atoms with Crippen LogP contribution in [0.1, 0.15) is 36.0 Å². The van der Waals surface area contributed by atoms with Crippen LogP contribution in [-0.2, 0) is 9.47 Å². The van der Waals surface area contributed by atoms with Gasteiger partial charge in [0.25, 0.3) is 5.91 Å². The van der Waals surface area contributed by atoms with Crippen LogP contribution in [0.2, 0.25) is 0 Å². The Morgan fingerprint density at radius 1 is 1.22 bits per heavy atom. The van der Waals surface area contributed by atoms with Gasteiger partial charge in [0.1, 0.15) is 11.0 Å². The van der Waals surface area contributed by atoms with Crippen LogP contribution in [0.25, 0.3) is 11.0 Å². The predicted molar refractivity (Wildman–Crippen MR) is 83.1 cm³/mol. The highest BCUT2D eigenvalue weighted by atomic mass is 16.5. The molecule has 2 N–H and O–H groups in total. The second-order valence-electron chi connectivity index (χ2n) is 6.33. The van der Waals surface area contributed by atoms with E-state index in [-0.39, 0.29) is 17.6 Å². The number of aromatic nitrogens is 3. The number of amides is 1. The summed E-state index contributed by atoms with van der Waals surface area (Å²) in [5, 5.41) is 13.7. The number of aromatic amines is 1. The minimum absolute atomic E-state index is 0.0657. The fourth-order valence-corrected chi connectivity index (χ4v) is 3.49. The number of rotatable bonds is 2. The van der Waals surface area contributed by atoms with Gasteiger partial charge in [-0.25, -0.2) is 0 Å². The summed E-state index contributed by atoms with van der Waals surface area (Å²) < 4.78 is 11.5. The van der Waals surface area contributed by atoms with Gasteiger partial charge in [0.05, 0.1) is 5.60 Å². The number of hydrogen-bond acceptors (Lipinski definition) is 5. The number of ether oxygens (including phenoxy) is 2. The molecule has 2 saturated heterocycles. The first-order valence-corrected chi connectivity index (χ1v) is 8.07. The van der Waals surface area contributed by atoms with E-state index in [4.69, 9.17) is 9.47 Å². The SMILES string of the molecule is O=C(NC1CCOC2(CCOCC2)C1)c1ccc2n[nH]nc2c1. The molecular formula is C16H20N4O3. The zero-order valence-electron chi connectivity index (χ0n) is 12.9. The third-order valence-electron chi connectivity index (χ3n) is 4.81. The summed E-state index contributed by atoms with van der Waals surface area (Å²) in [6, 6.07) is 5.49. The molecule has 2 aliphatic rings. The fraction of sp³-hybridized carbons (Fsp3) is 0.562. The molecule has 1 amide bonds. The van der Waals surface area contributed by atoms with Gasteiger partial charge in [0, 0.05) is 31.4 Å². The molecule has 1 aromatic carbocycles. The number of hydrogen-bond donors (Lipinski definition) is 2. The minimum Gasteiger partial charge on any atom is -0.381 e. The Morgan fingerprint density at radius 3 is 2.91 bits per heavy atom. The van der Waals surface area contributed by atoms with E-state index in [1.807, 2.05) is 0 Å². The highest BCUT2D eigenvalue weighted by molar-refractivity contribution is 5.97. The maximum atomic E-state index is 12.5. The molecule has 0 radical (unpaired) electrons. The molecule has 1 aromatic heterocycles. The molecule has 122 valence electrons. The summed E-state index contributed by atoms with van der Waals surface area (Å²) in [5.41, 5.74) is 1.95. The van der Waals surface area contributed by atoms with Crippen molar-refractivity contribution >= 4 is 16.9 Å². The van der Waals surface area contributed by atoms with Crippen molar-refractivity contribution < 1.29 is 14.3 Å². The van der Waals surface area contributed by atoms with Crippen molar-refractivity contribution in [1.29, 1.82) is 0 Å². The van der Waals surface area contributed by atoms with Gasteiger partial charge < -0.3 is 14.8 Å². The zero-order chi connectivity index (χ0) is 15.7. The minimum atomic E-state index is -0.121. The molecular weight excluding hydrogens is 296 g/mol. The van der Waals surface area contributed by atoms with Crippen molar-refractivity contribution in [3.8, 4) is 0 Å². The molecule has 2 fully saturated rings. The third-order valence-corrected chi connectivity index (χ3v) is 4.81. The number of fused-ring (bicyclic) bond motifs is 1. The van der Waals surface area contributed by atoms with E-state index in [1.165, 1.54) is 0 Å². The van der Waals surface area contributed by atoms with Crippen LogP contribution in [0, 0.1) is 0 Å². The highest BCUT2D eigenvalue weighted by Crippen LogP contribution is 2.34. The fourth-order valence-electron chi connectivity index (χ4n) is 3.49. The second-order valence-corrected chi connectivity index (χ2v) is 6.33. The summed E-state index contributed by atoms with van der Waals surface area (Å²) in [7, 11) is 0. The van der Waals surface area contributed by atoms with Gasteiger partial charge in [-0.15, -0.1) is 0 Å². The van der Waals surface area contributed by atoms with Gasteiger partial charge in [-0.05, 0) is 43.9 Å². The first-order chi connectivity index (χ1) is 11.2. The largest absolute Gasteiger partial charge is 0.381 e. The van der Waals surface area contributed by atoms with E-state index < -0.39 is 0 Å². The number of carbonyl (C=O) groups is 1. The van der Waals surface area contributed by atoms with Gasteiger partial charge in [0.15, 0.2) is 0 Å². The molecule has 23 heavy (non-hydrogen) atoms. The van der Waals surface area contributed by atoms with Crippen molar-refractivity contribution in [2.45, 2.75) is 37.3 Å². The van der Waals surface area contributed by atoms with Crippen molar-refractivity contribution in [2.24, 2.45) is 0 Å². The van der Waals surface area contributed by atoms with Crippen molar-refractivity contribution in [3.63, 3.8) is 0 Å². The lowest BCUT2D eigenvalue weighted by Gasteiger charge is -2.43. The Hall–Kier alpha value is -1.99. The normalized spacial score (nSPS) is 23.9. The van der Waals surface area contributed by atoms with Gasteiger partial charge in [-0.2, -0.15) is 15.4 Å². The lowest BCUT2D eigenvalue weighted by atomic mass is 9.84. The van der Waals surface area contributed by atoms with Crippen LogP contribution in [0.3, 0.4) is 0 Å². The van der Waals surface area contributed by atoms with Crippen LogP contribution in [0.15, 0.2) is 18.2 Å². The van der Waals surface area contributed by atoms with Crippen LogP contribution in [-0.4, -0.2) is 52.8 Å². The quantitative estimate of drug-likeness (QED) is 0.874. The molecule has 2 aromatic rings. The van der Waals surface area contributed by atoms with Gasteiger partial charge in [-0.3, -0.25) is 4.79 Å². The average Bonchev–Trinajstić information content (AvgIpc) is 3.03. The zero-order valence-corrected chi connectivity index (χ0v) is 12.9. The summed E-state index contributed by atoms with van der Waals surface area (Å²) in [5.74, 6) is -0.0657. The Balaban J connectivity index is 1.45. The summed E-state index contributed by atoms with van der Waals surface area (Å²) >= 11 is 0. The Kier molecular flexibility index (Phi) is 3.74. The molecule has 3 heterocycles. The van der Waals surface area contributed by atoms with Crippen LogP contribution >= 0.6 is 0 Å². The monoisotopic (exact) mass is 316 g/mol. The first-order valence-electron chi connectivity index (χ1n) is 8.07. The maximum Gasteiger partial charge on any atom is 0.251 e. The number of nitrogens with one attached hydrogen (secondary N) is 2. The topological polar surface area (TPSA) is 89.1 Å². The van der Waals surface area contributed by atoms with Crippen LogP contribution < -0.4 is 5.32 Å². The van der Waals surface area contributed by atoms with Crippen molar-refractivity contribution in [1.82, 2.24) is 20.7 Å². The van der Waals surface area contributed by atoms with Crippen molar-refractivity contribution in [2.75, 3.05) is 19.8 Å². The average molecular weight is 316 g/mol. The van der Waals surface area contributed by atoms with Crippen LogP contribution in [0.5, 0.6) is 0 Å². The summed E-state index contributed by atoms with van der Waals surface area (Å²) in [4.78, 5) is 12.5. The molecule has 1 atom stereocenters. The maximum absolute atomic E-state index is 12.5. The number of H-pyrrole nitrogens is 1. The molecule has 0 aliphatic carbocycles. The van der Waals surface area contributed by atoms with E-state index in [0.29, 0.717) is 17.7 Å².